The Balaban J connectivity index is 1.66. The lowest BCUT2D eigenvalue weighted by atomic mass is 9.99. The SMILES string of the molecule is Cc1cc(C)c(C(=O)CSc2nc3ccccc3c(=O)n2C2CC2)cc1C. The highest BCUT2D eigenvalue weighted by molar-refractivity contribution is 7.99. The van der Waals surface area contributed by atoms with Gasteiger partial charge in [-0.1, -0.05) is 30.0 Å². The molecular formula is C22H22N2O2S. The molecule has 1 fully saturated rings. The fourth-order valence-electron chi connectivity index (χ4n) is 3.35. The molecule has 27 heavy (non-hydrogen) atoms. The number of rotatable bonds is 5. The number of aryl methyl sites for hydroxylation is 3. The third-order valence-electron chi connectivity index (χ3n) is 5.16. The fourth-order valence-corrected chi connectivity index (χ4v) is 4.30. The van der Waals surface area contributed by atoms with Gasteiger partial charge >= 0.3 is 0 Å². The van der Waals surface area contributed by atoms with E-state index in [1.54, 1.807) is 4.57 Å². The normalized spacial score (nSPS) is 13.9. The van der Waals surface area contributed by atoms with Gasteiger partial charge in [-0.15, -0.1) is 0 Å². The van der Waals surface area contributed by atoms with Gasteiger partial charge in [-0.25, -0.2) is 4.98 Å². The van der Waals surface area contributed by atoms with E-state index in [1.807, 2.05) is 44.2 Å². The van der Waals surface area contributed by atoms with E-state index < -0.39 is 0 Å². The average molecular weight is 378 g/mol. The molecule has 0 atom stereocenters. The van der Waals surface area contributed by atoms with Gasteiger partial charge in [-0.3, -0.25) is 14.2 Å². The summed E-state index contributed by atoms with van der Waals surface area (Å²) in [6.45, 7) is 6.05. The Labute approximate surface area is 162 Å². The Kier molecular flexibility index (Phi) is 4.64. The van der Waals surface area contributed by atoms with Crippen LogP contribution in [0.1, 0.15) is 45.9 Å². The zero-order chi connectivity index (χ0) is 19.1. The van der Waals surface area contributed by atoms with Gasteiger partial charge in [0.15, 0.2) is 10.9 Å². The van der Waals surface area contributed by atoms with Crippen molar-refractivity contribution < 1.29 is 4.79 Å². The minimum absolute atomic E-state index is 0.000380. The molecule has 0 amide bonds. The van der Waals surface area contributed by atoms with Crippen molar-refractivity contribution in [3.05, 3.63) is 69.0 Å². The van der Waals surface area contributed by atoms with Crippen LogP contribution in [-0.4, -0.2) is 21.1 Å². The molecule has 0 unspecified atom stereocenters. The van der Waals surface area contributed by atoms with E-state index in [0.29, 0.717) is 16.1 Å². The molecule has 0 N–H and O–H groups in total. The van der Waals surface area contributed by atoms with Crippen LogP contribution in [0.4, 0.5) is 0 Å². The maximum Gasteiger partial charge on any atom is 0.262 e. The second kappa shape index (κ2) is 6.97. The van der Waals surface area contributed by atoms with Crippen LogP contribution in [0.5, 0.6) is 0 Å². The van der Waals surface area contributed by atoms with Crippen LogP contribution in [0.15, 0.2) is 46.3 Å². The smallest absolute Gasteiger partial charge is 0.262 e. The van der Waals surface area contributed by atoms with Crippen LogP contribution < -0.4 is 5.56 Å². The van der Waals surface area contributed by atoms with Crippen molar-refractivity contribution in [1.29, 1.82) is 0 Å². The molecule has 3 aromatic rings. The Bertz CT molecular complexity index is 1110. The van der Waals surface area contributed by atoms with Gasteiger partial charge in [0, 0.05) is 11.6 Å². The van der Waals surface area contributed by atoms with Gasteiger partial charge in [0.1, 0.15) is 0 Å². The molecule has 5 heteroatoms. The maximum absolute atomic E-state index is 12.9. The molecule has 0 aliphatic heterocycles. The first-order valence-electron chi connectivity index (χ1n) is 9.21. The van der Waals surface area contributed by atoms with Crippen molar-refractivity contribution in [2.75, 3.05) is 5.75 Å². The van der Waals surface area contributed by atoms with Crippen LogP contribution in [-0.2, 0) is 0 Å². The Morgan fingerprint density at radius 2 is 1.81 bits per heavy atom. The van der Waals surface area contributed by atoms with Gasteiger partial charge in [0.2, 0.25) is 0 Å². The molecule has 1 heterocycles. The number of benzene rings is 2. The number of para-hydroxylation sites is 1. The van der Waals surface area contributed by atoms with Crippen LogP contribution in [0, 0.1) is 20.8 Å². The highest BCUT2D eigenvalue weighted by Crippen LogP contribution is 2.37. The number of carbonyl (C=O) groups excluding carboxylic acids is 1. The van der Waals surface area contributed by atoms with Gasteiger partial charge in [-0.05, 0) is 68.5 Å². The van der Waals surface area contributed by atoms with Crippen molar-refractivity contribution in [2.45, 2.75) is 44.8 Å². The maximum atomic E-state index is 12.9. The molecule has 4 nitrogen and oxygen atoms in total. The van der Waals surface area contributed by atoms with Gasteiger partial charge < -0.3 is 0 Å². The third-order valence-corrected chi connectivity index (χ3v) is 6.11. The van der Waals surface area contributed by atoms with Crippen molar-refractivity contribution >= 4 is 28.4 Å². The number of ketones is 1. The number of nitrogens with zero attached hydrogens (tertiary/aromatic N) is 2. The van der Waals surface area contributed by atoms with Gasteiger partial charge in [0.25, 0.3) is 5.56 Å². The van der Waals surface area contributed by atoms with E-state index in [1.165, 1.54) is 17.3 Å². The minimum atomic E-state index is 0.000380. The lowest BCUT2D eigenvalue weighted by molar-refractivity contribution is 0.102. The van der Waals surface area contributed by atoms with Crippen LogP contribution in [0.25, 0.3) is 10.9 Å². The standard InChI is InChI=1S/C22H22N2O2S/c1-13-10-15(3)18(11-14(13)2)20(25)12-27-22-23-19-7-5-4-6-17(19)21(26)24(22)16-8-9-16/h4-7,10-11,16H,8-9,12H2,1-3H3. The number of hydrogen-bond donors (Lipinski definition) is 0. The van der Waals surface area contributed by atoms with E-state index >= 15 is 0 Å². The quantitative estimate of drug-likeness (QED) is 0.369. The summed E-state index contributed by atoms with van der Waals surface area (Å²) < 4.78 is 1.79. The largest absolute Gasteiger partial charge is 0.293 e. The average Bonchev–Trinajstić information content (AvgIpc) is 3.47. The second-order valence-corrected chi connectivity index (χ2v) is 8.22. The van der Waals surface area contributed by atoms with Crippen molar-refractivity contribution in [1.82, 2.24) is 9.55 Å². The lowest BCUT2D eigenvalue weighted by Gasteiger charge is -2.13. The number of fused-ring (bicyclic) bond motifs is 1. The molecule has 4 rings (SSSR count). The van der Waals surface area contributed by atoms with Gasteiger partial charge in [-0.2, -0.15) is 0 Å². The highest BCUT2D eigenvalue weighted by Gasteiger charge is 2.28. The Morgan fingerprint density at radius 1 is 1.11 bits per heavy atom. The molecule has 0 saturated heterocycles. The highest BCUT2D eigenvalue weighted by atomic mass is 32.2. The molecule has 1 aromatic heterocycles. The molecule has 1 aliphatic rings. The van der Waals surface area contributed by atoms with Crippen molar-refractivity contribution in [2.24, 2.45) is 0 Å². The van der Waals surface area contributed by atoms with Crippen LogP contribution in [0.3, 0.4) is 0 Å². The number of aromatic nitrogens is 2. The monoisotopic (exact) mass is 378 g/mol. The third kappa shape index (κ3) is 3.44. The van der Waals surface area contributed by atoms with Crippen molar-refractivity contribution in [3.8, 4) is 0 Å². The minimum Gasteiger partial charge on any atom is -0.293 e. The Morgan fingerprint density at radius 3 is 2.56 bits per heavy atom. The lowest BCUT2D eigenvalue weighted by Crippen LogP contribution is -2.23. The van der Waals surface area contributed by atoms with E-state index in [4.69, 9.17) is 4.98 Å². The molecule has 2 aromatic carbocycles. The van der Waals surface area contributed by atoms with Gasteiger partial charge in [0.05, 0.1) is 16.7 Å². The summed E-state index contributed by atoms with van der Waals surface area (Å²) in [4.78, 5) is 30.4. The van der Waals surface area contributed by atoms with E-state index in [-0.39, 0.29) is 23.1 Å². The van der Waals surface area contributed by atoms with E-state index in [9.17, 15) is 9.59 Å². The summed E-state index contributed by atoms with van der Waals surface area (Å²) in [6, 6.07) is 11.7. The van der Waals surface area contributed by atoms with E-state index in [0.717, 1.165) is 29.5 Å². The molecule has 1 saturated carbocycles. The predicted octanol–water partition coefficient (Wildman–Crippen LogP) is 4.63. The summed E-state index contributed by atoms with van der Waals surface area (Å²) in [5.74, 6) is 0.353. The number of carbonyl (C=O) groups is 1. The van der Waals surface area contributed by atoms with Crippen LogP contribution in [0.2, 0.25) is 0 Å². The summed E-state index contributed by atoms with van der Waals surface area (Å²) in [6.07, 6.45) is 2.00. The zero-order valence-electron chi connectivity index (χ0n) is 15.8. The molecule has 1 aliphatic carbocycles. The Hall–Kier alpha value is -2.40. The number of hydrogen-bond acceptors (Lipinski definition) is 4. The topological polar surface area (TPSA) is 52.0 Å². The van der Waals surface area contributed by atoms with Crippen LogP contribution >= 0.6 is 11.8 Å². The molecule has 138 valence electrons. The summed E-state index contributed by atoms with van der Waals surface area (Å²) in [5.41, 5.74) is 4.75. The first kappa shape index (κ1) is 18.0. The predicted molar refractivity (Wildman–Crippen MR) is 110 cm³/mol. The number of Topliss-reactive ketones (excluding diaryl/α,β-unsaturated/α-hetero) is 1. The molecule has 0 spiro atoms. The first-order chi connectivity index (χ1) is 13.0. The molecular weight excluding hydrogens is 356 g/mol. The first-order valence-corrected chi connectivity index (χ1v) is 10.2. The number of thioether (sulfide) groups is 1. The zero-order valence-corrected chi connectivity index (χ0v) is 16.6. The summed E-state index contributed by atoms with van der Waals surface area (Å²) in [5, 5.41) is 1.29. The second-order valence-electron chi connectivity index (χ2n) is 7.28. The summed E-state index contributed by atoms with van der Waals surface area (Å²) in [7, 11) is 0. The fraction of sp³-hybridized carbons (Fsp3) is 0.318. The summed E-state index contributed by atoms with van der Waals surface area (Å²) >= 11 is 1.37. The van der Waals surface area contributed by atoms with Crippen molar-refractivity contribution in [3.63, 3.8) is 0 Å². The van der Waals surface area contributed by atoms with E-state index in [2.05, 4.69) is 13.0 Å². The molecule has 0 bridgehead atoms. The molecule has 0 radical (unpaired) electrons.